The lowest BCUT2D eigenvalue weighted by Gasteiger charge is -2.18. The van der Waals surface area contributed by atoms with Gasteiger partial charge in [-0.05, 0) is 44.7 Å². The number of hydrogen-bond donors (Lipinski definition) is 0. The molecular weight excluding hydrogens is 384 g/mol. The second kappa shape index (κ2) is 9.24. The summed E-state index contributed by atoms with van der Waals surface area (Å²) in [7, 11) is 5.37. The van der Waals surface area contributed by atoms with Gasteiger partial charge in [0.25, 0.3) is 0 Å². The number of methoxy groups -OCH3 is 2. The van der Waals surface area contributed by atoms with Crippen molar-refractivity contribution in [3.63, 3.8) is 0 Å². The molecule has 2 aromatic carbocycles. The van der Waals surface area contributed by atoms with Crippen LogP contribution in [0.15, 0.2) is 42.5 Å². The predicted octanol–water partition coefficient (Wildman–Crippen LogP) is 4.52. The minimum Gasteiger partial charge on any atom is -0.497 e. The van der Waals surface area contributed by atoms with Crippen molar-refractivity contribution in [1.82, 2.24) is 19.2 Å². The summed E-state index contributed by atoms with van der Waals surface area (Å²) in [5, 5.41) is 4.85. The minimum atomic E-state index is 0.583. The van der Waals surface area contributed by atoms with Gasteiger partial charge in [0.1, 0.15) is 11.5 Å². The fourth-order valence-corrected chi connectivity index (χ4v) is 3.71. The molecule has 0 bridgehead atoms. The molecule has 0 aliphatic carbocycles. The Hall–Kier alpha value is -2.64. The normalized spacial score (nSPS) is 11.1. The Bertz CT molecular complexity index is 1040. The average molecular weight is 413 g/mol. The van der Waals surface area contributed by atoms with Crippen LogP contribution in [0.4, 0.5) is 0 Å². The molecule has 3 aromatic rings. The van der Waals surface area contributed by atoms with Crippen molar-refractivity contribution < 1.29 is 9.47 Å². The first kappa shape index (κ1) is 21.1. The van der Waals surface area contributed by atoms with Crippen LogP contribution in [0, 0.1) is 11.7 Å². The summed E-state index contributed by atoms with van der Waals surface area (Å²) in [4.78, 5) is 2.16. The third-order valence-electron chi connectivity index (χ3n) is 4.93. The largest absolute Gasteiger partial charge is 0.497 e. The molecule has 0 saturated carbocycles. The molecule has 0 saturated heterocycles. The zero-order valence-corrected chi connectivity index (χ0v) is 18.5. The van der Waals surface area contributed by atoms with Gasteiger partial charge in [0.05, 0.1) is 20.9 Å². The van der Waals surface area contributed by atoms with Crippen molar-refractivity contribution in [2.24, 2.45) is 0 Å². The van der Waals surface area contributed by atoms with Crippen LogP contribution in [0.1, 0.15) is 18.1 Å². The molecule has 6 nitrogen and oxygen atoms in total. The smallest absolute Gasteiger partial charge is 0.199 e. The number of aryl methyl sites for hydroxylation is 1. The summed E-state index contributed by atoms with van der Waals surface area (Å²) in [6, 6.07) is 14.1. The van der Waals surface area contributed by atoms with E-state index in [1.165, 1.54) is 5.56 Å². The highest BCUT2D eigenvalue weighted by Gasteiger charge is 2.15. The lowest BCUT2D eigenvalue weighted by Crippen LogP contribution is -2.23. The number of ether oxygens (including phenoxy) is 2. The first-order valence-electron chi connectivity index (χ1n) is 9.61. The van der Waals surface area contributed by atoms with E-state index in [1.54, 1.807) is 14.2 Å². The zero-order valence-electron chi connectivity index (χ0n) is 17.7. The van der Waals surface area contributed by atoms with Crippen molar-refractivity contribution in [3.05, 3.63) is 58.4 Å². The van der Waals surface area contributed by atoms with E-state index in [-0.39, 0.29) is 0 Å². The fraction of sp³-hybridized carbons (Fsp3) is 0.364. The minimum absolute atomic E-state index is 0.583. The van der Waals surface area contributed by atoms with Crippen LogP contribution >= 0.6 is 12.2 Å². The van der Waals surface area contributed by atoms with Gasteiger partial charge >= 0.3 is 0 Å². The third-order valence-corrected chi connectivity index (χ3v) is 5.37. The molecule has 0 amide bonds. The Balaban J connectivity index is 1.85. The van der Waals surface area contributed by atoms with Crippen molar-refractivity contribution in [2.45, 2.75) is 33.6 Å². The number of hydrogen-bond acceptors (Lipinski definition) is 5. The Labute approximate surface area is 177 Å². The van der Waals surface area contributed by atoms with E-state index in [4.69, 9.17) is 26.8 Å². The molecule has 0 atom stereocenters. The highest BCUT2D eigenvalue weighted by molar-refractivity contribution is 7.71. The van der Waals surface area contributed by atoms with Gasteiger partial charge in [0.15, 0.2) is 10.6 Å². The number of rotatable bonds is 8. The Morgan fingerprint density at radius 3 is 2.52 bits per heavy atom. The van der Waals surface area contributed by atoms with Crippen molar-refractivity contribution >= 4 is 12.2 Å². The molecule has 1 aromatic heterocycles. The lowest BCUT2D eigenvalue weighted by molar-refractivity contribution is 0.240. The van der Waals surface area contributed by atoms with Crippen LogP contribution in [0.2, 0.25) is 0 Å². The molecule has 0 spiro atoms. The summed E-state index contributed by atoms with van der Waals surface area (Å²) in [5.41, 5.74) is 3.38. The first-order chi connectivity index (χ1) is 14.0. The van der Waals surface area contributed by atoms with E-state index in [1.807, 2.05) is 42.1 Å². The maximum atomic E-state index is 5.72. The van der Waals surface area contributed by atoms with Crippen LogP contribution < -0.4 is 9.47 Å². The van der Waals surface area contributed by atoms with Crippen LogP contribution in [0.3, 0.4) is 0 Å². The van der Waals surface area contributed by atoms with Gasteiger partial charge in [-0.25, -0.2) is 4.68 Å². The molecule has 29 heavy (non-hydrogen) atoms. The number of benzene rings is 2. The van der Waals surface area contributed by atoms with E-state index in [2.05, 4.69) is 35.4 Å². The summed E-state index contributed by atoms with van der Waals surface area (Å²) >= 11 is 5.72. The van der Waals surface area contributed by atoms with E-state index >= 15 is 0 Å². The van der Waals surface area contributed by atoms with E-state index in [0.29, 0.717) is 13.2 Å². The number of nitrogens with zero attached hydrogens (tertiary/aromatic N) is 4. The van der Waals surface area contributed by atoms with Crippen LogP contribution in [-0.2, 0) is 19.8 Å². The molecule has 3 rings (SSSR count). The monoisotopic (exact) mass is 412 g/mol. The van der Waals surface area contributed by atoms with E-state index in [0.717, 1.165) is 39.8 Å². The highest BCUT2D eigenvalue weighted by Crippen LogP contribution is 2.26. The first-order valence-corrected chi connectivity index (χ1v) is 10.0. The molecule has 154 valence electrons. The summed E-state index contributed by atoms with van der Waals surface area (Å²) < 4.78 is 15.5. The molecule has 0 aliphatic heterocycles. The standard InChI is InChI=1S/C22H28N4O2S/c1-6-25-21(19-10-8-7-9-16(19)2)23-26(22(25)29)15-24(3)14-17-11-12-18(27-4)13-20(17)28-5/h7-13H,6,14-15H2,1-5H3. The maximum Gasteiger partial charge on any atom is 0.199 e. The van der Waals surface area contributed by atoms with Crippen molar-refractivity contribution in [2.75, 3.05) is 21.3 Å². The van der Waals surface area contributed by atoms with E-state index < -0.39 is 0 Å². The summed E-state index contributed by atoms with van der Waals surface area (Å²) in [5.74, 6) is 2.49. The van der Waals surface area contributed by atoms with Gasteiger partial charge in [-0.3, -0.25) is 4.90 Å². The second-order valence-corrected chi connectivity index (χ2v) is 7.36. The van der Waals surface area contributed by atoms with Gasteiger partial charge in [0.2, 0.25) is 0 Å². The molecule has 7 heteroatoms. The van der Waals surface area contributed by atoms with Gasteiger partial charge in [-0.15, -0.1) is 0 Å². The van der Waals surface area contributed by atoms with Crippen molar-refractivity contribution in [1.29, 1.82) is 0 Å². The molecule has 0 unspecified atom stereocenters. The summed E-state index contributed by atoms with van der Waals surface area (Å²) in [6.07, 6.45) is 0. The second-order valence-electron chi connectivity index (χ2n) is 7.00. The molecule has 1 heterocycles. The third kappa shape index (κ3) is 4.52. The van der Waals surface area contributed by atoms with Gasteiger partial charge in [0, 0.05) is 30.3 Å². The highest BCUT2D eigenvalue weighted by atomic mass is 32.1. The van der Waals surface area contributed by atoms with Crippen molar-refractivity contribution in [3.8, 4) is 22.9 Å². The fourth-order valence-electron chi connectivity index (χ4n) is 3.39. The zero-order chi connectivity index (χ0) is 21.0. The van der Waals surface area contributed by atoms with Gasteiger partial charge < -0.3 is 14.0 Å². The van der Waals surface area contributed by atoms with Gasteiger partial charge in [-0.2, -0.15) is 5.10 Å². The molecule has 0 radical (unpaired) electrons. The van der Waals surface area contributed by atoms with Gasteiger partial charge in [-0.1, -0.05) is 30.3 Å². The Morgan fingerprint density at radius 1 is 1.10 bits per heavy atom. The quantitative estimate of drug-likeness (QED) is 0.509. The Kier molecular flexibility index (Phi) is 6.71. The van der Waals surface area contributed by atoms with E-state index in [9.17, 15) is 0 Å². The SMILES string of the molecule is CCn1c(-c2ccccc2C)nn(CN(C)Cc2ccc(OC)cc2OC)c1=S. The lowest BCUT2D eigenvalue weighted by atomic mass is 10.1. The summed E-state index contributed by atoms with van der Waals surface area (Å²) in [6.45, 7) is 6.25. The topological polar surface area (TPSA) is 44.5 Å². The predicted molar refractivity (Wildman–Crippen MR) is 118 cm³/mol. The molecule has 0 aliphatic rings. The molecule has 0 N–H and O–H groups in total. The van der Waals surface area contributed by atoms with Crippen LogP contribution in [-0.4, -0.2) is 40.5 Å². The van der Waals surface area contributed by atoms with Crippen LogP contribution in [0.5, 0.6) is 11.5 Å². The molecule has 0 fully saturated rings. The van der Waals surface area contributed by atoms with Crippen LogP contribution in [0.25, 0.3) is 11.4 Å². The Morgan fingerprint density at radius 2 is 1.86 bits per heavy atom. The molecular formula is C22H28N4O2S. The average Bonchev–Trinajstić information content (AvgIpc) is 3.03. The number of aromatic nitrogens is 3. The maximum absolute atomic E-state index is 5.72.